The maximum absolute atomic E-state index is 13.3. The zero-order valence-electron chi connectivity index (χ0n) is 9.87. The van der Waals surface area contributed by atoms with Crippen LogP contribution in [0, 0.1) is 12.7 Å². The summed E-state index contributed by atoms with van der Waals surface area (Å²) < 4.78 is 18.5. The van der Waals surface area contributed by atoms with Gasteiger partial charge in [-0.3, -0.25) is 4.79 Å². The van der Waals surface area contributed by atoms with E-state index in [0.29, 0.717) is 6.54 Å². The molecule has 1 atom stereocenters. The van der Waals surface area contributed by atoms with E-state index < -0.39 is 17.8 Å². The maximum atomic E-state index is 13.3. The molecule has 1 aromatic rings. The van der Waals surface area contributed by atoms with Crippen LogP contribution in [-0.4, -0.2) is 30.3 Å². The number of hydrogen-bond donors (Lipinski definition) is 2. The van der Waals surface area contributed by atoms with Gasteiger partial charge in [0.1, 0.15) is 12.6 Å². The summed E-state index contributed by atoms with van der Waals surface area (Å²) in [6.07, 6.45) is 0. The third-order valence-electron chi connectivity index (χ3n) is 2.24. The van der Waals surface area contributed by atoms with Gasteiger partial charge in [0.05, 0.1) is 0 Å². The molecule has 0 aliphatic heterocycles. The highest BCUT2D eigenvalue weighted by atomic mass is 19.1. The number of ether oxygens (including phenoxy) is 1. The molecule has 1 aromatic carbocycles. The lowest BCUT2D eigenvalue weighted by molar-refractivity contribution is -0.140. The number of benzene rings is 1. The van der Waals surface area contributed by atoms with Crippen molar-refractivity contribution in [2.75, 3.05) is 13.2 Å². The lowest BCUT2D eigenvalue weighted by Gasteiger charge is -2.14. The molecule has 0 bridgehead atoms. The Morgan fingerprint density at radius 2 is 2.29 bits per heavy atom. The number of carboxylic acid groups (broad SMARTS) is 1. The van der Waals surface area contributed by atoms with Crippen LogP contribution in [0.5, 0.6) is 5.75 Å². The Labute approximate surface area is 99.4 Å². The number of carbonyl (C=O) groups is 1. The first-order valence-corrected chi connectivity index (χ1v) is 5.39. The zero-order chi connectivity index (χ0) is 12.8. The summed E-state index contributed by atoms with van der Waals surface area (Å²) in [6, 6.07) is 3.63. The normalized spacial score (nSPS) is 12.2. The Balaban J connectivity index is 2.64. The van der Waals surface area contributed by atoms with Crippen LogP contribution in [0.2, 0.25) is 0 Å². The van der Waals surface area contributed by atoms with Crippen molar-refractivity contribution in [1.82, 2.24) is 5.32 Å². The minimum atomic E-state index is -1.01. The molecular weight excluding hydrogens is 225 g/mol. The molecular formula is C12H16FNO3. The number of rotatable bonds is 6. The molecule has 0 aliphatic carbocycles. The molecule has 0 aromatic heterocycles. The molecule has 0 spiro atoms. The van der Waals surface area contributed by atoms with Gasteiger partial charge < -0.3 is 15.2 Å². The Bertz CT molecular complexity index is 395. The smallest absolute Gasteiger partial charge is 0.324 e. The zero-order valence-corrected chi connectivity index (χ0v) is 9.87. The van der Waals surface area contributed by atoms with E-state index in [9.17, 15) is 9.18 Å². The van der Waals surface area contributed by atoms with Gasteiger partial charge in [-0.2, -0.15) is 0 Å². The molecule has 17 heavy (non-hydrogen) atoms. The molecule has 4 nitrogen and oxygen atoms in total. The first-order valence-electron chi connectivity index (χ1n) is 5.39. The van der Waals surface area contributed by atoms with Crippen molar-refractivity contribution in [3.63, 3.8) is 0 Å². The summed E-state index contributed by atoms with van der Waals surface area (Å²) in [5, 5.41) is 11.6. The average molecular weight is 241 g/mol. The van der Waals surface area contributed by atoms with E-state index in [-0.39, 0.29) is 12.4 Å². The van der Waals surface area contributed by atoms with Gasteiger partial charge in [0.25, 0.3) is 0 Å². The van der Waals surface area contributed by atoms with Crippen LogP contribution in [0.4, 0.5) is 4.39 Å². The predicted octanol–water partition coefficient (Wildman–Crippen LogP) is 1.58. The van der Waals surface area contributed by atoms with Crippen LogP contribution < -0.4 is 10.1 Å². The largest absolute Gasteiger partial charge is 0.488 e. The monoisotopic (exact) mass is 241 g/mol. The molecule has 2 N–H and O–H groups in total. The minimum absolute atomic E-state index is 0.0779. The summed E-state index contributed by atoms with van der Waals surface area (Å²) in [5.74, 6) is -1.43. The molecule has 0 radical (unpaired) electrons. The SMILES string of the molecule is CCNC(COc1cc(C)ccc1F)C(=O)O. The van der Waals surface area contributed by atoms with Crippen LogP contribution in [0.15, 0.2) is 18.2 Å². The summed E-state index contributed by atoms with van der Waals surface area (Å²) in [5.41, 5.74) is 0.858. The number of likely N-dealkylation sites (N-methyl/N-ethyl adjacent to an activating group) is 1. The summed E-state index contributed by atoms with van der Waals surface area (Å²) >= 11 is 0. The van der Waals surface area contributed by atoms with E-state index in [4.69, 9.17) is 9.84 Å². The number of halogens is 1. The van der Waals surface area contributed by atoms with Crippen molar-refractivity contribution < 1.29 is 19.0 Å². The van der Waals surface area contributed by atoms with E-state index in [0.717, 1.165) is 5.56 Å². The van der Waals surface area contributed by atoms with Crippen molar-refractivity contribution >= 4 is 5.97 Å². The van der Waals surface area contributed by atoms with Crippen molar-refractivity contribution in [2.24, 2.45) is 0 Å². The van der Waals surface area contributed by atoms with Gasteiger partial charge in [-0.25, -0.2) is 4.39 Å². The van der Waals surface area contributed by atoms with Crippen LogP contribution in [0.3, 0.4) is 0 Å². The van der Waals surface area contributed by atoms with Crippen molar-refractivity contribution in [2.45, 2.75) is 19.9 Å². The Morgan fingerprint density at radius 3 is 2.88 bits per heavy atom. The van der Waals surface area contributed by atoms with Gasteiger partial charge in [-0.1, -0.05) is 13.0 Å². The van der Waals surface area contributed by atoms with Crippen LogP contribution in [0.1, 0.15) is 12.5 Å². The highest BCUT2D eigenvalue weighted by Crippen LogP contribution is 2.18. The average Bonchev–Trinajstić information content (AvgIpc) is 2.28. The summed E-state index contributed by atoms with van der Waals surface area (Å²) in [4.78, 5) is 10.8. The van der Waals surface area contributed by atoms with Crippen molar-refractivity contribution in [3.8, 4) is 5.75 Å². The number of aryl methyl sites for hydroxylation is 1. The molecule has 0 fully saturated rings. The molecule has 0 heterocycles. The molecule has 0 saturated heterocycles. The molecule has 5 heteroatoms. The second kappa shape index (κ2) is 6.20. The van der Waals surface area contributed by atoms with Gasteiger partial charge in [0, 0.05) is 0 Å². The Hall–Kier alpha value is -1.62. The van der Waals surface area contributed by atoms with Crippen LogP contribution >= 0.6 is 0 Å². The topological polar surface area (TPSA) is 58.6 Å². The minimum Gasteiger partial charge on any atom is -0.488 e. The van der Waals surface area contributed by atoms with Gasteiger partial charge in [0.2, 0.25) is 0 Å². The standard InChI is InChI=1S/C12H16FNO3/c1-3-14-10(12(15)16)7-17-11-6-8(2)4-5-9(11)13/h4-6,10,14H,3,7H2,1-2H3,(H,15,16). The Morgan fingerprint density at radius 1 is 1.59 bits per heavy atom. The molecule has 1 unspecified atom stereocenters. The molecule has 0 amide bonds. The van der Waals surface area contributed by atoms with Gasteiger partial charge in [0.15, 0.2) is 11.6 Å². The van der Waals surface area contributed by atoms with Crippen LogP contribution in [0.25, 0.3) is 0 Å². The summed E-state index contributed by atoms with van der Waals surface area (Å²) in [7, 11) is 0. The van der Waals surface area contributed by atoms with E-state index >= 15 is 0 Å². The van der Waals surface area contributed by atoms with E-state index in [1.165, 1.54) is 6.07 Å². The van der Waals surface area contributed by atoms with E-state index in [1.807, 2.05) is 6.92 Å². The maximum Gasteiger partial charge on any atom is 0.324 e. The fraction of sp³-hybridized carbons (Fsp3) is 0.417. The highest BCUT2D eigenvalue weighted by molar-refractivity contribution is 5.73. The lowest BCUT2D eigenvalue weighted by Crippen LogP contribution is -2.41. The van der Waals surface area contributed by atoms with Gasteiger partial charge in [-0.05, 0) is 31.2 Å². The fourth-order valence-electron chi connectivity index (χ4n) is 1.36. The number of hydrogen-bond acceptors (Lipinski definition) is 3. The molecule has 94 valence electrons. The van der Waals surface area contributed by atoms with Gasteiger partial charge >= 0.3 is 5.97 Å². The highest BCUT2D eigenvalue weighted by Gasteiger charge is 2.17. The van der Waals surface area contributed by atoms with E-state index in [1.54, 1.807) is 19.1 Å². The molecule has 0 aliphatic rings. The van der Waals surface area contributed by atoms with Crippen molar-refractivity contribution in [1.29, 1.82) is 0 Å². The number of carboxylic acids is 1. The molecule has 0 saturated carbocycles. The second-order valence-corrected chi connectivity index (χ2v) is 3.69. The first kappa shape index (κ1) is 13.4. The summed E-state index contributed by atoms with van der Waals surface area (Å²) in [6.45, 7) is 4.01. The third kappa shape index (κ3) is 4.03. The van der Waals surface area contributed by atoms with Gasteiger partial charge in [-0.15, -0.1) is 0 Å². The fourth-order valence-corrected chi connectivity index (χ4v) is 1.36. The predicted molar refractivity (Wildman–Crippen MR) is 61.7 cm³/mol. The first-order chi connectivity index (χ1) is 8.04. The number of nitrogens with one attached hydrogen (secondary N) is 1. The van der Waals surface area contributed by atoms with Crippen LogP contribution in [-0.2, 0) is 4.79 Å². The third-order valence-corrected chi connectivity index (χ3v) is 2.24. The van der Waals surface area contributed by atoms with E-state index in [2.05, 4.69) is 5.32 Å². The second-order valence-electron chi connectivity index (χ2n) is 3.69. The van der Waals surface area contributed by atoms with Crippen molar-refractivity contribution in [3.05, 3.63) is 29.6 Å². The lowest BCUT2D eigenvalue weighted by atomic mass is 10.2. The molecule has 1 rings (SSSR count). The number of aliphatic carboxylic acids is 1. The Kier molecular flexibility index (Phi) is 4.90. The quantitative estimate of drug-likeness (QED) is 0.793.